The van der Waals surface area contributed by atoms with Crippen molar-refractivity contribution in [3.8, 4) is 5.75 Å². The van der Waals surface area contributed by atoms with E-state index in [0.717, 1.165) is 23.6 Å². The van der Waals surface area contributed by atoms with Crippen molar-refractivity contribution in [3.63, 3.8) is 0 Å². The quantitative estimate of drug-likeness (QED) is 0.450. The molecule has 0 aliphatic heterocycles. The Labute approximate surface area is 157 Å². The van der Waals surface area contributed by atoms with Gasteiger partial charge in [0.15, 0.2) is 0 Å². The van der Waals surface area contributed by atoms with Crippen LogP contribution >= 0.6 is 0 Å². The second-order valence-electron chi connectivity index (χ2n) is 7.36. The Balaban J connectivity index is 1.87. The molecule has 3 heteroatoms. The van der Waals surface area contributed by atoms with Gasteiger partial charge in [-0.05, 0) is 48.6 Å². The van der Waals surface area contributed by atoms with Gasteiger partial charge in [0.1, 0.15) is 18.2 Å². The van der Waals surface area contributed by atoms with Gasteiger partial charge in [-0.2, -0.15) is 0 Å². The van der Waals surface area contributed by atoms with Crippen LogP contribution in [0.2, 0.25) is 0 Å². The molecule has 0 aliphatic carbocycles. The Bertz CT molecular complexity index is 864. The van der Waals surface area contributed by atoms with Crippen LogP contribution in [0.25, 0.3) is 11.0 Å². The van der Waals surface area contributed by atoms with Crippen LogP contribution in [0.3, 0.4) is 0 Å². The SMILES string of the molecule is CCCCCn1c(COc2cc(C)ccc2C(C)C)nc2ccccc21. The topological polar surface area (TPSA) is 27.1 Å². The molecule has 0 spiro atoms. The largest absolute Gasteiger partial charge is 0.485 e. The number of aryl methyl sites for hydroxylation is 2. The molecular formula is C23H30N2O. The molecule has 2 aromatic carbocycles. The molecule has 138 valence electrons. The normalized spacial score (nSPS) is 11.4. The molecule has 0 saturated heterocycles. The molecule has 3 nitrogen and oxygen atoms in total. The first-order valence-electron chi connectivity index (χ1n) is 9.77. The van der Waals surface area contributed by atoms with E-state index in [1.54, 1.807) is 0 Å². The van der Waals surface area contributed by atoms with E-state index in [4.69, 9.17) is 9.72 Å². The van der Waals surface area contributed by atoms with Crippen molar-refractivity contribution in [3.05, 3.63) is 59.4 Å². The fraction of sp³-hybridized carbons (Fsp3) is 0.435. The number of rotatable bonds is 8. The summed E-state index contributed by atoms with van der Waals surface area (Å²) < 4.78 is 8.59. The van der Waals surface area contributed by atoms with Gasteiger partial charge in [0.25, 0.3) is 0 Å². The molecule has 0 atom stereocenters. The van der Waals surface area contributed by atoms with Crippen molar-refractivity contribution < 1.29 is 4.74 Å². The van der Waals surface area contributed by atoms with Gasteiger partial charge in [-0.3, -0.25) is 0 Å². The summed E-state index contributed by atoms with van der Waals surface area (Å²) >= 11 is 0. The van der Waals surface area contributed by atoms with Crippen molar-refractivity contribution in [1.29, 1.82) is 0 Å². The molecule has 26 heavy (non-hydrogen) atoms. The van der Waals surface area contributed by atoms with E-state index in [9.17, 15) is 0 Å². The number of fused-ring (bicyclic) bond motifs is 1. The second kappa shape index (κ2) is 8.39. The molecule has 0 unspecified atom stereocenters. The molecule has 0 bridgehead atoms. The Hall–Kier alpha value is -2.29. The van der Waals surface area contributed by atoms with Gasteiger partial charge in [-0.25, -0.2) is 4.98 Å². The van der Waals surface area contributed by atoms with Crippen LogP contribution in [0, 0.1) is 6.92 Å². The lowest BCUT2D eigenvalue weighted by Gasteiger charge is -2.15. The molecule has 0 saturated carbocycles. The summed E-state index contributed by atoms with van der Waals surface area (Å²) in [6.07, 6.45) is 3.63. The van der Waals surface area contributed by atoms with E-state index >= 15 is 0 Å². The van der Waals surface area contributed by atoms with Gasteiger partial charge >= 0.3 is 0 Å². The fourth-order valence-corrected chi connectivity index (χ4v) is 3.39. The maximum Gasteiger partial charge on any atom is 0.147 e. The van der Waals surface area contributed by atoms with E-state index in [1.807, 2.05) is 6.07 Å². The van der Waals surface area contributed by atoms with Gasteiger partial charge < -0.3 is 9.30 Å². The van der Waals surface area contributed by atoms with Crippen molar-refractivity contribution in [2.45, 2.75) is 66.0 Å². The summed E-state index contributed by atoms with van der Waals surface area (Å²) in [5.41, 5.74) is 4.73. The zero-order valence-corrected chi connectivity index (χ0v) is 16.5. The molecular weight excluding hydrogens is 320 g/mol. The summed E-state index contributed by atoms with van der Waals surface area (Å²) in [7, 11) is 0. The highest BCUT2D eigenvalue weighted by Gasteiger charge is 2.13. The first-order valence-corrected chi connectivity index (χ1v) is 9.77. The average molecular weight is 351 g/mol. The number of benzene rings is 2. The average Bonchev–Trinajstić information content (AvgIpc) is 2.98. The molecule has 0 radical (unpaired) electrons. The maximum absolute atomic E-state index is 6.26. The lowest BCUT2D eigenvalue weighted by Crippen LogP contribution is -2.08. The maximum atomic E-state index is 6.26. The molecule has 0 N–H and O–H groups in total. The molecule has 0 aliphatic rings. The molecule has 3 aromatic rings. The zero-order valence-electron chi connectivity index (χ0n) is 16.5. The van der Waals surface area contributed by atoms with Crippen molar-refractivity contribution in [1.82, 2.24) is 9.55 Å². The van der Waals surface area contributed by atoms with Gasteiger partial charge in [0, 0.05) is 6.54 Å². The number of aromatic nitrogens is 2. The summed E-state index contributed by atoms with van der Waals surface area (Å²) in [4.78, 5) is 4.84. The van der Waals surface area contributed by atoms with Gasteiger partial charge in [0.2, 0.25) is 0 Å². The minimum Gasteiger partial charge on any atom is -0.485 e. The van der Waals surface area contributed by atoms with E-state index in [-0.39, 0.29) is 0 Å². The Kier molecular flexibility index (Phi) is 5.97. The highest BCUT2D eigenvalue weighted by molar-refractivity contribution is 5.75. The first kappa shape index (κ1) is 18.5. The van der Waals surface area contributed by atoms with E-state index in [0.29, 0.717) is 12.5 Å². The summed E-state index contributed by atoms with van der Waals surface area (Å²) in [6, 6.07) is 14.8. The van der Waals surface area contributed by atoms with Crippen molar-refractivity contribution in [2.24, 2.45) is 0 Å². The number of para-hydroxylation sites is 2. The Morgan fingerprint density at radius 1 is 1.08 bits per heavy atom. The predicted octanol–water partition coefficient (Wildman–Crippen LogP) is 6.24. The summed E-state index contributed by atoms with van der Waals surface area (Å²) in [5.74, 6) is 2.43. The highest BCUT2D eigenvalue weighted by Crippen LogP contribution is 2.28. The minimum absolute atomic E-state index is 0.439. The van der Waals surface area contributed by atoms with E-state index in [2.05, 4.69) is 68.7 Å². The zero-order chi connectivity index (χ0) is 18.5. The summed E-state index contributed by atoms with van der Waals surface area (Å²) in [6.45, 7) is 10.3. The molecule has 0 amide bonds. The standard InChI is InChI=1S/C23H30N2O/c1-5-6-9-14-25-21-11-8-7-10-20(21)24-23(25)16-26-22-15-18(4)12-13-19(22)17(2)3/h7-8,10-13,15,17H,5-6,9,14,16H2,1-4H3. The third-order valence-electron chi connectivity index (χ3n) is 4.87. The van der Waals surface area contributed by atoms with Crippen LogP contribution in [0.4, 0.5) is 0 Å². The number of nitrogens with zero attached hydrogens (tertiary/aromatic N) is 2. The lowest BCUT2D eigenvalue weighted by molar-refractivity contribution is 0.285. The molecule has 1 aromatic heterocycles. The van der Waals surface area contributed by atoms with Gasteiger partial charge in [-0.1, -0.05) is 57.9 Å². The number of hydrogen-bond donors (Lipinski definition) is 0. The monoisotopic (exact) mass is 350 g/mol. The van der Waals surface area contributed by atoms with E-state index < -0.39 is 0 Å². The van der Waals surface area contributed by atoms with Crippen LogP contribution < -0.4 is 4.74 Å². The predicted molar refractivity (Wildman–Crippen MR) is 109 cm³/mol. The lowest BCUT2D eigenvalue weighted by atomic mass is 10.0. The third kappa shape index (κ3) is 4.09. The van der Waals surface area contributed by atoms with Crippen LogP contribution in [-0.4, -0.2) is 9.55 Å². The highest BCUT2D eigenvalue weighted by atomic mass is 16.5. The van der Waals surface area contributed by atoms with Crippen LogP contribution in [0.1, 0.15) is 62.9 Å². The van der Waals surface area contributed by atoms with E-state index in [1.165, 1.54) is 35.9 Å². The van der Waals surface area contributed by atoms with Crippen LogP contribution in [0.5, 0.6) is 5.75 Å². The fourth-order valence-electron chi connectivity index (χ4n) is 3.39. The van der Waals surface area contributed by atoms with Gasteiger partial charge in [0.05, 0.1) is 11.0 Å². The number of imidazole rings is 1. The van der Waals surface area contributed by atoms with Gasteiger partial charge in [-0.15, -0.1) is 0 Å². The Morgan fingerprint density at radius 3 is 2.65 bits per heavy atom. The second-order valence-corrected chi connectivity index (χ2v) is 7.36. The molecule has 1 heterocycles. The minimum atomic E-state index is 0.439. The van der Waals surface area contributed by atoms with Crippen LogP contribution in [-0.2, 0) is 13.2 Å². The molecule has 0 fully saturated rings. The van der Waals surface area contributed by atoms with Crippen molar-refractivity contribution in [2.75, 3.05) is 0 Å². The third-order valence-corrected chi connectivity index (χ3v) is 4.87. The smallest absolute Gasteiger partial charge is 0.147 e. The molecule has 3 rings (SSSR count). The number of unbranched alkanes of at least 4 members (excludes halogenated alkanes) is 2. The summed E-state index contributed by atoms with van der Waals surface area (Å²) in [5, 5.41) is 0. The number of ether oxygens (including phenoxy) is 1. The number of hydrogen-bond acceptors (Lipinski definition) is 2. The first-order chi connectivity index (χ1) is 12.6. The Morgan fingerprint density at radius 2 is 1.88 bits per heavy atom. The van der Waals surface area contributed by atoms with Crippen LogP contribution in [0.15, 0.2) is 42.5 Å². The van der Waals surface area contributed by atoms with Crippen molar-refractivity contribution >= 4 is 11.0 Å².